The van der Waals surface area contributed by atoms with Crippen LogP contribution in [-0.2, 0) is 4.79 Å². The third-order valence-electron chi connectivity index (χ3n) is 3.85. The number of pyridine rings is 1. The van der Waals surface area contributed by atoms with Gasteiger partial charge in [0, 0.05) is 34.3 Å². The molecule has 1 aliphatic rings. The van der Waals surface area contributed by atoms with E-state index in [0.717, 1.165) is 22.1 Å². The van der Waals surface area contributed by atoms with Crippen molar-refractivity contribution in [1.29, 1.82) is 0 Å². The van der Waals surface area contributed by atoms with Gasteiger partial charge in [-0.25, -0.2) is 0 Å². The fourth-order valence-electron chi connectivity index (χ4n) is 2.65. The summed E-state index contributed by atoms with van der Waals surface area (Å²) < 4.78 is 5.97. The van der Waals surface area contributed by atoms with Gasteiger partial charge in [-0.1, -0.05) is 12.1 Å². The lowest BCUT2D eigenvalue weighted by atomic mass is 10.1. The van der Waals surface area contributed by atoms with Crippen molar-refractivity contribution >= 4 is 52.0 Å². The molecule has 0 aliphatic carbocycles. The van der Waals surface area contributed by atoms with Crippen molar-refractivity contribution in [2.24, 2.45) is 0 Å². The van der Waals surface area contributed by atoms with Crippen LogP contribution in [-0.4, -0.2) is 22.3 Å². The highest BCUT2D eigenvalue weighted by Gasteiger charge is 2.21. The van der Waals surface area contributed by atoms with Gasteiger partial charge in [0.15, 0.2) is 5.11 Å². The van der Waals surface area contributed by atoms with Gasteiger partial charge < -0.3 is 9.73 Å². The van der Waals surface area contributed by atoms with Crippen molar-refractivity contribution in [3.63, 3.8) is 0 Å². The summed E-state index contributed by atoms with van der Waals surface area (Å²) in [7, 11) is 0. The van der Waals surface area contributed by atoms with Crippen molar-refractivity contribution in [3.8, 4) is 11.1 Å². The van der Waals surface area contributed by atoms with Gasteiger partial charge in [0.05, 0.1) is 0 Å². The van der Waals surface area contributed by atoms with Gasteiger partial charge >= 0.3 is 0 Å². The number of fused-ring (bicyclic) bond motifs is 1. The molecule has 1 fully saturated rings. The molecule has 7 heteroatoms. The number of carbonyl (C=O) groups excluding carboxylic acids is 1. The maximum absolute atomic E-state index is 11.8. The molecule has 0 unspecified atom stereocenters. The first-order valence-electron chi connectivity index (χ1n) is 7.50. The number of aromatic nitrogens is 1. The van der Waals surface area contributed by atoms with E-state index in [1.807, 2.05) is 24.5 Å². The first-order chi connectivity index (χ1) is 12.1. The van der Waals surface area contributed by atoms with Crippen LogP contribution in [0.3, 0.4) is 0 Å². The summed E-state index contributed by atoms with van der Waals surface area (Å²) in [5, 5.41) is 6.50. The number of thioether (sulfide) groups is 1. The molecular formula is C18H13N3O2S2. The van der Waals surface area contributed by atoms with Gasteiger partial charge in [0.25, 0.3) is 5.91 Å². The lowest BCUT2D eigenvalue weighted by molar-refractivity contribution is -0.115. The number of carbonyl (C=O) groups is 1. The third kappa shape index (κ3) is 3.04. The standard InChI is InChI=1S/C18H13N3O2S2/c1-25-13-4-2-10(3-5-13)14-9-19-8-11-6-12(23-16(11)14)7-15-17(22)21-18(24)20-15/h2-9H,1H3,(H2,20,21,22,24)/b15-7+. The number of amides is 1. The van der Waals surface area contributed by atoms with E-state index in [-0.39, 0.29) is 5.91 Å². The second kappa shape index (κ2) is 6.34. The van der Waals surface area contributed by atoms with E-state index in [9.17, 15) is 4.79 Å². The summed E-state index contributed by atoms with van der Waals surface area (Å²) >= 11 is 6.63. The smallest absolute Gasteiger partial charge is 0.274 e. The highest BCUT2D eigenvalue weighted by molar-refractivity contribution is 7.98. The number of benzene rings is 1. The van der Waals surface area contributed by atoms with E-state index in [4.69, 9.17) is 16.6 Å². The summed E-state index contributed by atoms with van der Waals surface area (Å²) in [6, 6.07) is 10.1. The second-order valence-corrected chi connectivity index (χ2v) is 6.74. The topological polar surface area (TPSA) is 67.2 Å². The maximum Gasteiger partial charge on any atom is 0.274 e. The SMILES string of the molecule is CSc1ccc(-c2cncc3cc(/C=C4/NC(=S)NC4=O)oc23)cc1. The molecule has 0 bridgehead atoms. The molecule has 124 valence electrons. The largest absolute Gasteiger partial charge is 0.456 e. The van der Waals surface area contributed by atoms with Crippen LogP contribution >= 0.6 is 24.0 Å². The Morgan fingerprint density at radius 2 is 2.00 bits per heavy atom. The molecule has 3 aromatic rings. The molecular weight excluding hydrogens is 354 g/mol. The minimum absolute atomic E-state index is 0.267. The Labute approximate surface area is 153 Å². The van der Waals surface area contributed by atoms with Crippen LogP contribution in [0.4, 0.5) is 0 Å². The van der Waals surface area contributed by atoms with Crippen molar-refractivity contribution in [1.82, 2.24) is 15.6 Å². The van der Waals surface area contributed by atoms with E-state index in [0.29, 0.717) is 16.6 Å². The molecule has 0 spiro atoms. The quantitative estimate of drug-likeness (QED) is 0.419. The molecule has 1 amide bonds. The van der Waals surface area contributed by atoms with Crippen LogP contribution in [0.5, 0.6) is 0 Å². The van der Waals surface area contributed by atoms with E-state index in [2.05, 4.69) is 27.8 Å². The third-order valence-corrected chi connectivity index (χ3v) is 4.80. The summed E-state index contributed by atoms with van der Waals surface area (Å²) in [6.07, 6.45) is 7.21. The van der Waals surface area contributed by atoms with Crippen LogP contribution in [0.2, 0.25) is 0 Å². The molecule has 0 atom stereocenters. The van der Waals surface area contributed by atoms with Crippen molar-refractivity contribution in [2.45, 2.75) is 4.90 Å². The van der Waals surface area contributed by atoms with Gasteiger partial charge in [-0.15, -0.1) is 11.8 Å². The molecule has 4 rings (SSSR count). The molecule has 2 N–H and O–H groups in total. The Bertz CT molecular complexity index is 1020. The average molecular weight is 367 g/mol. The number of rotatable bonds is 3. The fraction of sp³-hybridized carbons (Fsp3) is 0.0556. The van der Waals surface area contributed by atoms with Crippen LogP contribution in [0.25, 0.3) is 28.2 Å². The summed E-state index contributed by atoms with van der Waals surface area (Å²) in [5.41, 5.74) is 3.04. The van der Waals surface area contributed by atoms with Crippen molar-refractivity contribution in [3.05, 3.63) is 54.2 Å². The molecule has 2 aromatic heterocycles. The fourth-order valence-corrected chi connectivity index (χ4v) is 3.27. The molecule has 1 aliphatic heterocycles. The van der Waals surface area contributed by atoms with Crippen LogP contribution in [0.15, 0.2) is 57.7 Å². The van der Waals surface area contributed by atoms with E-state index >= 15 is 0 Å². The van der Waals surface area contributed by atoms with Crippen LogP contribution in [0.1, 0.15) is 5.76 Å². The Kier molecular flexibility index (Phi) is 4.03. The van der Waals surface area contributed by atoms with Crippen molar-refractivity contribution < 1.29 is 9.21 Å². The van der Waals surface area contributed by atoms with Crippen LogP contribution in [0, 0.1) is 0 Å². The number of hydrogen-bond donors (Lipinski definition) is 2. The zero-order valence-corrected chi connectivity index (χ0v) is 14.8. The monoisotopic (exact) mass is 367 g/mol. The summed E-state index contributed by atoms with van der Waals surface area (Å²) in [4.78, 5) is 17.3. The number of thiocarbonyl (C=S) groups is 1. The van der Waals surface area contributed by atoms with E-state index < -0.39 is 0 Å². The van der Waals surface area contributed by atoms with Crippen molar-refractivity contribution in [2.75, 3.05) is 6.26 Å². The van der Waals surface area contributed by atoms with E-state index in [1.165, 1.54) is 4.90 Å². The first-order valence-corrected chi connectivity index (χ1v) is 9.13. The molecule has 0 saturated carbocycles. The first kappa shape index (κ1) is 15.9. The van der Waals surface area contributed by atoms with E-state index in [1.54, 1.807) is 30.2 Å². The van der Waals surface area contributed by atoms with Gasteiger partial charge in [-0.2, -0.15) is 0 Å². The molecule has 5 nitrogen and oxygen atoms in total. The predicted octanol–water partition coefficient (Wildman–Crippen LogP) is 3.56. The van der Waals surface area contributed by atoms with Gasteiger partial charge in [0.2, 0.25) is 0 Å². The van der Waals surface area contributed by atoms with Gasteiger partial charge in [0.1, 0.15) is 17.0 Å². The Morgan fingerprint density at radius 3 is 2.68 bits per heavy atom. The Morgan fingerprint density at radius 1 is 1.20 bits per heavy atom. The number of nitrogens with one attached hydrogen (secondary N) is 2. The Balaban J connectivity index is 1.77. The van der Waals surface area contributed by atoms with Gasteiger partial charge in [-0.3, -0.25) is 15.1 Å². The lowest BCUT2D eigenvalue weighted by Gasteiger charge is -2.03. The maximum atomic E-state index is 11.8. The van der Waals surface area contributed by atoms with Gasteiger partial charge in [-0.05, 0) is 42.2 Å². The lowest BCUT2D eigenvalue weighted by Crippen LogP contribution is -2.21. The minimum Gasteiger partial charge on any atom is -0.456 e. The zero-order chi connectivity index (χ0) is 17.4. The van der Waals surface area contributed by atoms with Crippen LogP contribution < -0.4 is 10.6 Å². The molecule has 0 radical (unpaired) electrons. The summed E-state index contributed by atoms with van der Waals surface area (Å²) in [5.74, 6) is 0.295. The Hall–Kier alpha value is -2.64. The molecule has 1 saturated heterocycles. The zero-order valence-electron chi connectivity index (χ0n) is 13.2. The predicted molar refractivity (Wildman–Crippen MR) is 103 cm³/mol. The second-order valence-electron chi connectivity index (χ2n) is 5.45. The number of nitrogens with zero attached hydrogens (tertiary/aromatic N) is 1. The average Bonchev–Trinajstić information content (AvgIpc) is 3.17. The summed E-state index contributed by atoms with van der Waals surface area (Å²) in [6.45, 7) is 0. The molecule has 25 heavy (non-hydrogen) atoms. The normalized spacial score (nSPS) is 15.6. The molecule has 3 heterocycles. The highest BCUT2D eigenvalue weighted by atomic mass is 32.2. The highest BCUT2D eigenvalue weighted by Crippen LogP contribution is 2.31. The number of furan rings is 1. The minimum atomic E-state index is -0.267. The number of hydrogen-bond acceptors (Lipinski definition) is 5. The molecule has 1 aromatic carbocycles.